The largest absolute Gasteiger partial charge is 0.497 e. The molecule has 2 amide bonds. The molecule has 2 fully saturated rings. The third-order valence-corrected chi connectivity index (χ3v) is 8.26. The van der Waals surface area contributed by atoms with Crippen molar-refractivity contribution in [2.75, 3.05) is 38.6 Å². The minimum atomic E-state index is -0.487. The van der Waals surface area contributed by atoms with Gasteiger partial charge in [-0.05, 0) is 118 Å². The van der Waals surface area contributed by atoms with Crippen LogP contribution in [0.1, 0.15) is 63.9 Å². The number of methoxy groups -OCH3 is 1. The van der Waals surface area contributed by atoms with Gasteiger partial charge in [-0.15, -0.1) is 0 Å². The van der Waals surface area contributed by atoms with E-state index in [9.17, 15) is 9.59 Å². The molecular weight excluding hydrogens is 550 g/mol. The molecule has 42 heavy (non-hydrogen) atoms. The number of nitrogens with one attached hydrogen (secondary N) is 2. The topological polar surface area (TPSA) is 86.3 Å². The SMILES string of the molecule is COc1ccc(C=NNC(=O)c2cc(Cl)ccc2NC(=O)c2cccc(CN3CCC(N4CCCCC4)CC3)c2)cc1. The quantitative estimate of drug-likeness (QED) is 0.244. The van der Waals surface area contributed by atoms with E-state index < -0.39 is 5.91 Å². The van der Waals surface area contributed by atoms with Gasteiger partial charge in [-0.2, -0.15) is 5.10 Å². The first-order valence-electron chi connectivity index (χ1n) is 14.6. The van der Waals surface area contributed by atoms with Gasteiger partial charge in [0.2, 0.25) is 0 Å². The average Bonchev–Trinajstić information content (AvgIpc) is 3.03. The summed E-state index contributed by atoms with van der Waals surface area (Å²) in [5.74, 6) is -0.0491. The molecule has 2 heterocycles. The third-order valence-electron chi connectivity index (χ3n) is 8.03. The second-order valence-electron chi connectivity index (χ2n) is 10.9. The Morgan fingerprint density at radius 1 is 0.952 bits per heavy atom. The Bertz CT molecular complexity index is 1400. The van der Waals surface area contributed by atoms with Crippen LogP contribution in [0.2, 0.25) is 5.02 Å². The van der Waals surface area contributed by atoms with Gasteiger partial charge in [0.1, 0.15) is 5.75 Å². The van der Waals surface area contributed by atoms with E-state index in [-0.39, 0.29) is 11.5 Å². The van der Waals surface area contributed by atoms with Gasteiger partial charge in [0, 0.05) is 23.2 Å². The molecule has 0 atom stereocenters. The normalized spacial score (nSPS) is 16.8. The van der Waals surface area contributed by atoms with Crippen molar-refractivity contribution in [2.45, 2.75) is 44.7 Å². The Labute approximate surface area is 252 Å². The summed E-state index contributed by atoms with van der Waals surface area (Å²) < 4.78 is 5.16. The van der Waals surface area contributed by atoms with Gasteiger partial charge < -0.3 is 15.0 Å². The number of hydrogen-bond donors (Lipinski definition) is 2. The van der Waals surface area contributed by atoms with Gasteiger partial charge in [-0.25, -0.2) is 5.43 Å². The highest BCUT2D eigenvalue weighted by Gasteiger charge is 2.25. The zero-order valence-electron chi connectivity index (χ0n) is 24.0. The zero-order chi connectivity index (χ0) is 29.3. The van der Waals surface area contributed by atoms with Crippen molar-refractivity contribution >= 4 is 35.3 Å². The second kappa shape index (κ2) is 14.4. The molecule has 9 heteroatoms. The van der Waals surface area contributed by atoms with Gasteiger partial charge in [0.25, 0.3) is 11.8 Å². The number of halogens is 1. The number of hydrogen-bond acceptors (Lipinski definition) is 6. The smallest absolute Gasteiger partial charge is 0.273 e. The number of anilines is 1. The van der Waals surface area contributed by atoms with Gasteiger partial charge in [0.05, 0.1) is 24.6 Å². The molecule has 5 rings (SSSR count). The predicted molar refractivity (Wildman–Crippen MR) is 168 cm³/mol. The van der Waals surface area contributed by atoms with Crippen molar-refractivity contribution in [1.82, 2.24) is 15.2 Å². The molecule has 3 aromatic rings. The summed E-state index contributed by atoms with van der Waals surface area (Å²) in [7, 11) is 1.60. The Hall–Kier alpha value is -3.72. The monoisotopic (exact) mass is 587 g/mol. The molecule has 0 radical (unpaired) electrons. The lowest BCUT2D eigenvalue weighted by atomic mass is 9.99. The van der Waals surface area contributed by atoms with Crippen molar-refractivity contribution in [1.29, 1.82) is 0 Å². The fourth-order valence-electron chi connectivity index (χ4n) is 5.72. The van der Waals surface area contributed by atoms with Crippen molar-refractivity contribution < 1.29 is 14.3 Å². The fourth-order valence-corrected chi connectivity index (χ4v) is 5.89. The van der Waals surface area contributed by atoms with Gasteiger partial charge in [-0.1, -0.05) is 30.2 Å². The summed E-state index contributed by atoms with van der Waals surface area (Å²) in [6, 6.07) is 20.4. The van der Waals surface area contributed by atoms with Crippen LogP contribution < -0.4 is 15.5 Å². The second-order valence-corrected chi connectivity index (χ2v) is 11.4. The lowest BCUT2D eigenvalue weighted by molar-refractivity contribution is 0.0896. The van der Waals surface area contributed by atoms with Crippen LogP contribution in [0.3, 0.4) is 0 Å². The number of piperidine rings is 2. The number of nitrogens with zero attached hydrogens (tertiary/aromatic N) is 3. The number of carbonyl (C=O) groups excluding carboxylic acids is 2. The first-order valence-corrected chi connectivity index (χ1v) is 15.0. The van der Waals surface area contributed by atoms with Gasteiger partial charge in [0.15, 0.2) is 0 Å². The summed E-state index contributed by atoms with van der Waals surface area (Å²) in [6.45, 7) is 5.45. The average molecular weight is 588 g/mol. The molecule has 0 saturated carbocycles. The number of hydrazone groups is 1. The molecule has 2 saturated heterocycles. The summed E-state index contributed by atoms with van der Waals surface area (Å²) >= 11 is 6.19. The summed E-state index contributed by atoms with van der Waals surface area (Å²) in [5.41, 5.74) is 5.52. The fraction of sp³-hybridized carbons (Fsp3) is 0.364. The zero-order valence-corrected chi connectivity index (χ0v) is 24.8. The standard InChI is InChI=1S/C33H38ClN5O3/c1-42-29-11-8-24(9-12-29)22-35-37-33(41)30-21-27(34)10-13-31(30)36-32(40)26-7-5-6-25(20-26)23-38-18-14-28(15-19-38)39-16-3-2-4-17-39/h5-13,20-22,28H,2-4,14-19,23H2,1H3,(H,36,40)(H,37,41). The Morgan fingerprint density at radius 3 is 2.45 bits per heavy atom. The van der Waals surface area contributed by atoms with E-state index in [4.69, 9.17) is 16.3 Å². The number of carbonyl (C=O) groups is 2. The van der Waals surface area contributed by atoms with E-state index in [1.54, 1.807) is 37.4 Å². The first-order chi connectivity index (χ1) is 20.5. The van der Waals surface area contributed by atoms with Gasteiger partial charge >= 0.3 is 0 Å². The van der Waals surface area contributed by atoms with E-state index in [0.29, 0.717) is 22.3 Å². The van der Waals surface area contributed by atoms with Crippen LogP contribution in [-0.2, 0) is 6.54 Å². The number of benzene rings is 3. The van der Waals surface area contributed by atoms with Crippen molar-refractivity contribution in [3.8, 4) is 5.75 Å². The van der Waals surface area contributed by atoms with Crippen molar-refractivity contribution in [3.05, 3.63) is 94.0 Å². The number of amides is 2. The van der Waals surface area contributed by atoms with Crippen LogP contribution in [-0.4, -0.2) is 67.2 Å². The van der Waals surface area contributed by atoms with Crippen LogP contribution in [0, 0.1) is 0 Å². The first kappa shape index (κ1) is 29.8. The Balaban J connectivity index is 1.18. The lowest BCUT2D eigenvalue weighted by Gasteiger charge is -2.40. The minimum Gasteiger partial charge on any atom is -0.497 e. The van der Waals surface area contributed by atoms with Crippen LogP contribution in [0.4, 0.5) is 5.69 Å². The van der Waals surface area contributed by atoms with E-state index in [2.05, 4.69) is 31.7 Å². The van der Waals surface area contributed by atoms with E-state index in [1.165, 1.54) is 57.5 Å². The molecule has 0 aromatic heterocycles. The van der Waals surface area contributed by atoms with Crippen molar-refractivity contribution in [2.24, 2.45) is 5.10 Å². The molecule has 0 aliphatic carbocycles. The maximum atomic E-state index is 13.3. The molecular formula is C33H38ClN5O3. The highest BCUT2D eigenvalue weighted by Crippen LogP contribution is 2.24. The molecule has 0 spiro atoms. The third kappa shape index (κ3) is 7.97. The summed E-state index contributed by atoms with van der Waals surface area (Å²) in [4.78, 5) is 31.4. The summed E-state index contributed by atoms with van der Waals surface area (Å²) in [5, 5.41) is 7.31. The van der Waals surface area contributed by atoms with Crippen molar-refractivity contribution in [3.63, 3.8) is 0 Å². The van der Waals surface area contributed by atoms with Gasteiger partial charge in [-0.3, -0.25) is 14.5 Å². The molecule has 0 unspecified atom stereocenters. The van der Waals surface area contributed by atoms with Crippen LogP contribution >= 0.6 is 11.6 Å². The molecule has 2 N–H and O–H groups in total. The van der Waals surface area contributed by atoms with E-state index in [0.717, 1.165) is 36.5 Å². The summed E-state index contributed by atoms with van der Waals surface area (Å²) in [6.07, 6.45) is 7.95. The Morgan fingerprint density at radius 2 is 1.71 bits per heavy atom. The van der Waals surface area contributed by atoms with Crippen LogP contribution in [0.25, 0.3) is 0 Å². The van der Waals surface area contributed by atoms with E-state index >= 15 is 0 Å². The molecule has 8 nitrogen and oxygen atoms in total. The Kier molecular flexibility index (Phi) is 10.2. The number of rotatable bonds is 9. The highest BCUT2D eigenvalue weighted by atomic mass is 35.5. The van der Waals surface area contributed by atoms with E-state index in [1.807, 2.05) is 24.3 Å². The molecule has 220 valence electrons. The molecule has 3 aromatic carbocycles. The predicted octanol–water partition coefficient (Wildman–Crippen LogP) is 5.82. The maximum Gasteiger partial charge on any atom is 0.273 e. The van der Waals surface area contributed by atoms with Crippen LogP contribution in [0.15, 0.2) is 71.8 Å². The maximum absolute atomic E-state index is 13.3. The lowest BCUT2D eigenvalue weighted by Crippen LogP contribution is -2.46. The molecule has 2 aliphatic rings. The van der Waals surface area contributed by atoms with Crippen LogP contribution in [0.5, 0.6) is 5.75 Å². The number of ether oxygens (including phenoxy) is 1. The molecule has 2 aliphatic heterocycles. The minimum absolute atomic E-state index is 0.218. The molecule has 0 bridgehead atoms. The number of likely N-dealkylation sites (tertiary alicyclic amines) is 2. The highest BCUT2D eigenvalue weighted by molar-refractivity contribution is 6.31.